The van der Waals surface area contributed by atoms with E-state index in [2.05, 4.69) is 4.98 Å². The van der Waals surface area contributed by atoms with E-state index < -0.39 is 17.7 Å². The van der Waals surface area contributed by atoms with E-state index >= 15 is 0 Å². The molecule has 6 nitrogen and oxygen atoms in total. The summed E-state index contributed by atoms with van der Waals surface area (Å²) >= 11 is 0. The van der Waals surface area contributed by atoms with Crippen LogP contribution in [0.15, 0.2) is 48.3 Å². The third-order valence-corrected chi connectivity index (χ3v) is 5.77. The van der Waals surface area contributed by atoms with Gasteiger partial charge in [0.15, 0.2) is 0 Å². The third-order valence-electron chi connectivity index (χ3n) is 5.77. The number of aliphatic hydroxyl groups is 1. The van der Waals surface area contributed by atoms with Crippen LogP contribution in [0.5, 0.6) is 0 Å². The summed E-state index contributed by atoms with van der Waals surface area (Å²) in [4.78, 5) is 31.4. The van der Waals surface area contributed by atoms with E-state index in [1.807, 2.05) is 26.0 Å². The van der Waals surface area contributed by atoms with Crippen LogP contribution >= 0.6 is 0 Å². The lowest BCUT2D eigenvalue weighted by Gasteiger charge is -2.27. The maximum absolute atomic E-state index is 13.0. The number of amides is 1. The smallest absolute Gasteiger partial charge is 0.295 e. The van der Waals surface area contributed by atoms with E-state index in [9.17, 15) is 14.7 Å². The van der Waals surface area contributed by atoms with Crippen molar-refractivity contribution in [2.45, 2.75) is 38.8 Å². The first-order chi connectivity index (χ1) is 14.0. The Morgan fingerprint density at radius 1 is 1.17 bits per heavy atom. The van der Waals surface area contributed by atoms with Crippen molar-refractivity contribution >= 4 is 17.4 Å². The molecule has 1 N–H and O–H groups in total. The number of aromatic nitrogens is 1. The van der Waals surface area contributed by atoms with Crippen molar-refractivity contribution in [2.75, 3.05) is 13.2 Å². The van der Waals surface area contributed by atoms with Gasteiger partial charge in [-0.05, 0) is 61.6 Å². The largest absolute Gasteiger partial charge is 0.507 e. The Labute approximate surface area is 169 Å². The summed E-state index contributed by atoms with van der Waals surface area (Å²) in [6.45, 7) is 4.91. The summed E-state index contributed by atoms with van der Waals surface area (Å²) in [6.07, 6.45) is 4.94. The maximum atomic E-state index is 13.0. The number of nitrogens with zero attached hydrogens (tertiary/aromatic N) is 2. The van der Waals surface area contributed by atoms with Crippen LogP contribution in [0, 0.1) is 13.8 Å². The topological polar surface area (TPSA) is 79.7 Å². The molecular weight excluding hydrogens is 368 g/mol. The van der Waals surface area contributed by atoms with Crippen molar-refractivity contribution in [3.05, 3.63) is 70.6 Å². The van der Waals surface area contributed by atoms with Gasteiger partial charge in [-0.15, -0.1) is 0 Å². The number of ether oxygens (including phenoxy) is 1. The molecule has 0 bridgehead atoms. The number of carbonyl (C=O) groups is 2. The average molecular weight is 392 g/mol. The summed E-state index contributed by atoms with van der Waals surface area (Å²) in [6, 6.07) is 8.38. The van der Waals surface area contributed by atoms with Gasteiger partial charge in [0, 0.05) is 31.1 Å². The Morgan fingerprint density at radius 2 is 1.93 bits per heavy atom. The van der Waals surface area contributed by atoms with Crippen molar-refractivity contribution in [3.63, 3.8) is 0 Å². The molecule has 2 fully saturated rings. The van der Waals surface area contributed by atoms with Crippen LogP contribution < -0.4 is 0 Å². The number of rotatable bonds is 4. The number of carbonyl (C=O) groups excluding carboxylic acids is 2. The SMILES string of the molecule is Cc1ccc(/C(O)=C2/C(=O)C(=O)N(CC3CCCO3)C2c2ccncc2)cc1C. The van der Waals surface area contributed by atoms with Gasteiger partial charge in [0.1, 0.15) is 5.76 Å². The van der Waals surface area contributed by atoms with Gasteiger partial charge in [-0.25, -0.2) is 0 Å². The average Bonchev–Trinajstić information content (AvgIpc) is 3.32. The minimum atomic E-state index is -0.666. The molecule has 2 atom stereocenters. The van der Waals surface area contributed by atoms with E-state index in [1.54, 1.807) is 30.6 Å². The normalized spacial score (nSPS) is 23.7. The Kier molecular flexibility index (Phi) is 5.20. The van der Waals surface area contributed by atoms with Gasteiger partial charge in [0.25, 0.3) is 11.7 Å². The zero-order chi connectivity index (χ0) is 20.5. The summed E-state index contributed by atoms with van der Waals surface area (Å²) in [5, 5.41) is 11.1. The molecule has 6 heteroatoms. The quantitative estimate of drug-likeness (QED) is 0.491. The van der Waals surface area contributed by atoms with Gasteiger partial charge in [-0.1, -0.05) is 12.1 Å². The summed E-state index contributed by atoms with van der Waals surface area (Å²) in [7, 11) is 0. The molecule has 1 amide bonds. The molecule has 0 aliphatic carbocycles. The fourth-order valence-electron chi connectivity index (χ4n) is 4.01. The molecule has 0 saturated carbocycles. The summed E-state index contributed by atoms with van der Waals surface area (Å²) < 4.78 is 5.70. The molecule has 2 unspecified atom stereocenters. The van der Waals surface area contributed by atoms with Gasteiger partial charge < -0.3 is 14.7 Å². The zero-order valence-corrected chi connectivity index (χ0v) is 16.6. The predicted molar refractivity (Wildman–Crippen MR) is 108 cm³/mol. The number of likely N-dealkylation sites (tertiary alicyclic amines) is 1. The van der Waals surface area contributed by atoms with Crippen molar-refractivity contribution < 1.29 is 19.4 Å². The molecule has 3 heterocycles. The molecule has 29 heavy (non-hydrogen) atoms. The molecule has 0 spiro atoms. The lowest BCUT2D eigenvalue weighted by Crippen LogP contribution is -2.36. The third kappa shape index (κ3) is 3.56. The molecule has 0 radical (unpaired) electrons. The minimum Gasteiger partial charge on any atom is -0.507 e. The highest BCUT2D eigenvalue weighted by Gasteiger charge is 2.47. The van der Waals surface area contributed by atoms with Gasteiger partial charge >= 0.3 is 0 Å². The first kappa shape index (κ1) is 19.3. The Balaban J connectivity index is 1.82. The number of Topliss-reactive ketones (excluding diaryl/α,β-unsaturated/α-hetero) is 1. The number of aliphatic hydroxyl groups excluding tert-OH is 1. The van der Waals surface area contributed by atoms with Crippen LogP contribution in [0.3, 0.4) is 0 Å². The second-order valence-electron chi connectivity index (χ2n) is 7.67. The number of aryl methyl sites for hydroxylation is 2. The number of benzene rings is 1. The first-order valence-electron chi connectivity index (χ1n) is 9.85. The molecule has 2 aliphatic rings. The molecule has 2 aliphatic heterocycles. The standard InChI is InChI=1S/C23H24N2O4/c1-14-5-6-17(12-15(14)2)21(26)19-20(16-7-9-24-10-8-16)25(23(28)22(19)27)13-18-4-3-11-29-18/h5-10,12,18,20,26H,3-4,11,13H2,1-2H3/b21-19-. The highest BCUT2D eigenvalue weighted by molar-refractivity contribution is 6.46. The Morgan fingerprint density at radius 3 is 2.59 bits per heavy atom. The van der Waals surface area contributed by atoms with Crippen LogP contribution in [0.2, 0.25) is 0 Å². The maximum Gasteiger partial charge on any atom is 0.295 e. The summed E-state index contributed by atoms with van der Waals surface area (Å²) in [5.41, 5.74) is 3.47. The first-order valence-corrected chi connectivity index (χ1v) is 9.85. The molecule has 1 aromatic carbocycles. The predicted octanol–water partition coefficient (Wildman–Crippen LogP) is 3.30. The molecular formula is C23H24N2O4. The van der Waals surface area contributed by atoms with Crippen LogP contribution in [0.1, 0.15) is 41.1 Å². The van der Waals surface area contributed by atoms with E-state index in [-0.39, 0.29) is 17.4 Å². The van der Waals surface area contributed by atoms with Gasteiger partial charge in [-0.3, -0.25) is 14.6 Å². The van der Waals surface area contributed by atoms with Gasteiger partial charge in [0.2, 0.25) is 0 Å². The van der Waals surface area contributed by atoms with E-state index in [0.29, 0.717) is 18.7 Å². The van der Waals surface area contributed by atoms with Crippen molar-refractivity contribution in [3.8, 4) is 0 Å². The molecule has 2 aromatic rings. The van der Waals surface area contributed by atoms with Crippen molar-refractivity contribution in [2.24, 2.45) is 0 Å². The number of hydrogen-bond acceptors (Lipinski definition) is 5. The summed E-state index contributed by atoms with van der Waals surface area (Å²) in [5.74, 6) is -1.42. The Bertz CT molecular complexity index is 978. The van der Waals surface area contributed by atoms with Crippen LogP contribution in [-0.2, 0) is 14.3 Å². The van der Waals surface area contributed by atoms with Gasteiger partial charge in [-0.2, -0.15) is 0 Å². The fourth-order valence-corrected chi connectivity index (χ4v) is 4.01. The molecule has 150 valence electrons. The zero-order valence-electron chi connectivity index (χ0n) is 16.6. The highest BCUT2D eigenvalue weighted by Crippen LogP contribution is 2.40. The molecule has 4 rings (SSSR count). The second-order valence-corrected chi connectivity index (χ2v) is 7.67. The van der Waals surface area contributed by atoms with E-state index in [1.165, 1.54) is 4.90 Å². The van der Waals surface area contributed by atoms with Crippen LogP contribution in [0.25, 0.3) is 5.76 Å². The van der Waals surface area contributed by atoms with E-state index in [0.717, 1.165) is 29.5 Å². The van der Waals surface area contributed by atoms with E-state index in [4.69, 9.17) is 4.74 Å². The number of hydrogen-bond donors (Lipinski definition) is 1. The monoisotopic (exact) mass is 392 g/mol. The second kappa shape index (κ2) is 7.79. The highest BCUT2D eigenvalue weighted by atomic mass is 16.5. The van der Waals surface area contributed by atoms with Crippen LogP contribution in [-0.4, -0.2) is 45.9 Å². The number of ketones is 1. The minimum absolute atomic E-state index is 0.0980. The molecule has 2 saturated heterocycles. The molecule has 1 aromatic heterocycles. The lowest BCUT2D eigenvalue weighted by molar-refractivity contribution is -0.140. The fraction of sp³-hybridized carbons (Fsp3) is 0.348. The van der Waals surface area contributed by atoms with Gasteiger partial charge in [0.05, 0.1) is 17.7 Å². The Hall–Kier alpha value is -2.99. The number of pyridine rings is 1. The van der Waals surface area contributed by atoms with Crippen molar-refractivity contribution in [1.82, 2.24) is 9.88 Å². The van der Waals surface area contributed by atoms with Crippen molar-refractivity contribution in [1.29, 1.82) is 0 Å². The van der Waals surface area contributed by atoms with Crippen LogP contribution in [0.4, 0.5) is 0 Å². The lowest BCUT2D eigenvalue weighted by atomic mass is 9.94.